The molecule has 3 heteroatoms. The third-order valence-electron chi connectivity index (χ3n) is 2.65. The first kappa shape index (κ1) is 13.2. The van der Waals surface area contributed by atoms with Gasteiger partial charge in [-0.3, -0.25) is 4.79 Å². The van der Waals surface area contributed by atoms with E-state index in [1.54, 1.807) is 6.92 Å². The number of thioether (sulfide) groups is 1. The van der Waals surface area contributed by atoms with Crippen LogP contribution in [-0.2, 0) is 0 Å². The Kier molecular flexibility index (Phi) is 4.10. The fraction of sp³-hybridized carbons (Fsp3) is 0.133. The molecule has 0 aromatic heterocycles. The molecule has 0 aliphatic heterocycles. The average Bonchev–Trinajstić information content (AvgIpc) is 2.38. The summed E-state index contributed by atoms with van der Waals surface area (Å²) >= 11 is 7.40. The lowest BCUT2D eigenvalue weighted by Gasteiger charge is -2.07. The van der Waals surface area contributed by atoms with E-state index in [2.05, 4.69) is 6.07 Å². The van der Waals surface area contributed by atoms with Gasteiger partial charge in [0.05, 0.1) is 0 Å². The predicted octanol–water partition coefficient (Wildman–Crippen LogP) is 4.73. The Morgan fingerprint density at radius 1 is 1.17 bits per heavy atom. The van der Waals surface area contributed by atoms with Gasteiger partial charge in [-0.25, -0.2) is 0 Å². The molecule has 0 amide bonds. The molecular formula is C15H12ClOS. The largest absolute Gasteiger partial charge is 0.294 e. The van der Waals surface area contributed by atoms with E-state index in [9.17, 15) is 4.79 Å². The van der Waals surface area contributed by atoms with Crippen molar-refractivity contribution in [3.05, 3.63) is 53.1 Å². The third kappa shape index (κ3) is 2.77. The summed E-state index contributed by atoms with van der Waals surface area (Å²) in [4.78, 5) is 12.4. The molecule has 18 heavy (non-hydrogen) atoms. The maximum atomic E-state index is 11.5. The van der Waals surface area contributed by atoms with Crippen molar-refractivity contribution in [1.29, 1.82) is 0 Å². The topological polar surface area (TPSA) is 17.1 Å². The van der Waals surface area contributed by atoms with Crippen molar-refractivity contribution in [1.82, 2.24) is 0 Å². The van der Waals surface area contributed by atoms with Crippen LogP contribution in [0.4, 0.5) is 0 Å². The highest BCUT2D eigenvalue weighted by Gasteiger charge is 2.08. The molecule has 0 unspecified atom stereocenters. The average molecular weight is 276 g/mol. The molecule has 0 aliphatic carbocycles. The lowest BCUT2D eigenvalue weighted by atomic mass is 10.0. The molecule has 1 nitrogen and oxygen atoms in total. The second-order valence-corrected chi connectivity index (χ2v) is 5.13. The van der Waals surface area contributed by atoms with Crippen molar-refractivity contribution in [3.8, 4) is 11.1 Å². The van der Waals surface area contributed by atoms with E-state index in [0.717, 1.165) is 21.6 Å². The van der Waals surface area contributed by atoms with Crippen LogP contribution in [0.2, 0.25) is 5.02 Å². The van der Waals surface area contributed by atoms with E-state index in [-0.39, 0.29) is 5.78 Å². The second kappa shape index (κ2) is 5.59. The zero-order chi connectivity index (χ0) is 13.1. The van der Waals surface area contributed by atoms with Crippen molar-refractivity contribution in [3.63, 3.8) is 0 Å². The maximum absolute atomic E-state index is 11.5. The highest BCUT2D eigenvalue weighted by Crippen LogP contribution is 2.28. The summed E-state index contributed by atoms with van der Waals surface area (Å²) in [6.45, 7) is 1.57. The molecule has 0 aliphatic rings. The second-order valence-electron chi connectivity index (χ2n) is 3.88. The number of rotatable bonds is 3. The van der Waals surface area contributed by atoms with Gasteiger partial charge in [-0.1, -0.05) is 29.8 Å². The fourth-order valence-electron chi connectivity index (χ4n) is 1.71. The highest BCUT2D eigenvalue weighted by molar-refractivity contribution is 7.98. The smallest absolute Gasteiger partial charge is 0.160 e. The molecule has 0 bridgehead atoms. The zero-order valence-corrected chi connectivity index (χ0v) is 11.7. The molecule has 91 valence electrons. The van der Waals surface area contributed by atoms with Gasteiger partial charge in [-0.15, -0.1) is 11.8 Å². The summed E-state index contributed by atoms with van der Waals surface area (Å²) in [5.74, 6) is 0.0678. The van der Waals surface area contributed by atoms with E-state index in [4.69, 9.17) is 11.6 Å². The maximum Gasteiger partial charge on any atom is 0.160 e. The molecule has 1 radical (unpaired) electrons. The summed E-state index contributed by atoms with van der Waals surface area (Å²) in [6.07, 6.45) is 1.95. The molecule has 0 heterocycles. The van der Waals surface area contributed by atoms with Crippen LogP contribution in [0.25, 0.3) is 11.1 Å². The van der Waals surface area contributed by atoms with E-state index in [1.807, 2.05) is 42.7 Å². The molecule has 2 aromatic carbocycles. The first-order valence-corrected chi connectivity index (χ1v) is 7.09. The van der Waals surface area contributed by atoms with Gasteiger partial charge >= 0.3 is 0 Å². The van der Waals surface area contributed by atoms with Crippen molar-refractivity contribution in [2.45, 2.75) is 11.8 Å². The quantitative estimate of drug-likeness (QED) is 0.595. The van der Waals surface area contributed by atoms with Crippen molar-refractivity contribution in [2.75, 3.05) is 6.26 Å². The Balaban J connectivity index is 2.47. The Morgan fingerprint density at radius 2 is 1.83 bits per heavy atom. The molecule has 0 N–H and O–H groups in total. The number of Topliss-reactive ketones (excluding diaryl/α,β-unsaturated/α-hetero) is 1. The van der Waals surface area contributed by atoms with Crippen LogP contribution in [0, 0.1) is 6.07 Å². The van der Waals surface area contributed by atoms with Crippen molar-refractivity contribution in [2.24, 2.45) is 0 Å². The number of carbonyl (C=O) groups excluding carboxylic acids is 1. The van der Waals surface area contributed by atoms with Crippen molar-refractivity contribution < 1.29 is 4.79 Å². The van der Waals surface area contributed by atoms with Crippen LogP contribution in [0.3, 0.4) is 0 Å². The van der Waals surface area contributed by atoms with Gasteiger partial charge in [0.15, 0.2) is 5.78 Å². The summed E-state index contributed by atoms with van der Waals surface area (Å²) in [6, 6.07) is 14.7. The Bertz CT molecular complexity index is 576. The predicted molar refractivity (Wildman–Crippen MR) is 77.5 cm³/mol. The minimum Gasteiger partial charge on any atom is -0.294 e. The van der Waals surface area contributed by atoms with Crippen LogP contribution in [-0.4, -0.2) is 12.0 Å². The van der Waals surface area contributed by atoms with E-state index >= 15 is 0 Å². The van der Waals surface area contributed by atoms with E-state index < -0.39 is 0 Å². The van der Waals surface area contributed by atoms with Crippen LogP contribution in [0.1, 0.15) is 17.3 Å². The number of carbonyl (C=O) groups is 1. The van der Waals surface area contributed by atoms with Gasteiger partial charge in [-0.2, -0.15) is 0 Å². The Hall–Kier alpha value is -1.25. The number of hydrogen-bond donors (Lipinski definition) is 0. The van der Waals surface area contributed by atoms with Crippen molar-refractivity contribution >= 4 is 29.1 Å². The summed E-state index contributed by atoms with van der Waals surface area (Å²) in [5, 5.41) is 0.712. The zero-order valence-electron chi connectivity index (χ0n) is 10.2. The highest BCUT2D eigenvalue weighted by atomic mass is 35.5. The molecule has 0 spiro atoms. The number of ketones is 1. The molecule has 0 saturated carbocycles. The van der Waals surface area contributed by atoms with Gasteiger partial charge in [0.1, 0.15) is 0 Å². The van der Waals surface area contributed by atoms with Crippen LogP contribution in [0.15, 0.2) is 41.3 Å². The standard InChI is InChI=1S/C15H12ClOS/c1-10(17)14-8-5-12(9-15(14)18-2)11-3-6-13(16)7-4-11/h3-8H,1-2H3. The monoisotopic (exact) mass is 275 g/mol. The summed E-state index contributed by atoms with van der Waals surface area (Å²) < 4.78 is 0. The van der Waals surface area contributed by atoms with Crippen LogP contribution in [0.5, 0.6) is 0 Å². The third-order valence-corrected chi connectivity index (χ3v) is 3.63. The van der Waals surface area contributed by atoms with Gasteiger partial charge in [-0.05, 0) is 42.5 Å². The summed E-state index contributed by atoms with van der Waals surface area (Å²) in [7, 11) is 0. The molecule has 2 rings (SSSR count). The SMILES string of the molecule is CSc1[c]c(-c2ccc(Cl)cc2)ccc1C(C)=O. The molecular weight excluding hydrogens is 264 g/mol. The number of hydrogen-bond acceptors (Lipinski definition) is 2. The normalized spacial score (nSPS) is 10.4. The van der Waals surface area contributed by atoms with Gasteiger partial charge in [0.25, 0.3) is 0 Å². The molecule has 0 saturated heterocycles. The number of halogens is 1. The van der Waals surface area contributed by atoms with Gasteiger partial charge in [0.2, 0.25) is 0 Å². The minimum atomic E-state index is 0.0678. The molecule has 0 atom stereocenters. The Labute approximate surface area is 116 Å². The van der Waals surface area contributed by atoms with Gasteiger partial charge in [0, 0.05) is 21.5 Å². The van der Waals surface area contributed by atoms with Crippen LogP contribution < -0.4 is 0 Å². The Morgan fingerprint density at radius 3 is 2.39 bits per heavy atom. The van der Waals surface area contributed by atoms with E-state index in [1.165, 1.54) is 11.8 Å². The summed E-state index contributed by atoms with van der Waals surface area (Å²) in [5.41, 5.74) is 2.74. The fourth-order valence-corrected chi connectivity index (χ4v) is 2.48. The van der Waals surface area contributed by atoms with E-state index in [0.29, 0.717) is 5.02 Å². The van der Waals surface area contributed by atoms with Crippen LogP contribution >= 0.6 is 23.4 Å². The molecule has 0 fully saturated rings. The minimum absolute atomic E-state index is 0.0678. The molecule has 2 aromatic rings. The van der Waals surface area contributed by atoms with Gasteiger partial charge < -0.3 is 0 Å². The first-order valence-electron chi connectivity index (χ1n) is 5.49. The lowest BCUT2D eigenvalue weighted by Crippen LogP contribution is -1.95. The lowest BCUT2D eigenvalue weighted by molar-refractivity contribution is 0.101. The number of benzene rings is 2. The first-order chi connectivity index (χ1) is 8.61.